The van der Waals surface area contributed by atoms with Gasteiger partial charge in [0.05, 0.1) is 5.88 Å². The number of Topliss-reactive ketones (excluding diaryl/α,β-unsaturated/α-hetero) is 1. The highest BCUT2D eigenvalue weighted by Gasteiger charge is 2.12. The highest BCUT2D eigenvalue weighted by molar-refractivity contribution is 9.10. The highest BCUT2D eigenvalue weighted by Crippen LogP contribution is 2.22. The van der Waals surface area contributed by atoms with Crippen LogP contribution in [0.5, 0.6) is 0 Å². The fraction of sp³-hybridized carbons (Fsp3) is 0.231. The molecule has 1 aromatic carbocycles. The topological polar surface area (TPSA) is 33.2 Å². The molecule has 1 heterocycles. The number of aromatic nitrogens is 1. The Hall–Kier alpha value is -0.910. The molecule has 0 atom stereocenters. The number of nitrogens with zero attached hydrogens (tertiary/aromatic N) is 2. The van der Waals surface area contributed by atoms with Gasteiger partial charge in [0.25, 0.3) is 0 Å². The lowest BCUT2D eigenvalue weighted by molar-refractivity contribution is 0.101. The summed E-state index contributed by atoms with van der Waals surface area (Å²) < 4.78 is 1.06. The van der Waals surface area contributed by atoms with Gasteiger partial charge in [0.2, 0.25) is 0 Å². The van der Waals surface area contributed by atoms with E-state index in [1.165, 1.54) is 16.9 Å². The highest BCUT2D eigenvalue weighted by atomic mass is 79.9. The number of thiazole rings is 1. The van der Waals surface area contributed by atoms with Gasteiger partial charge in [0, 0.05) is 23.4 Å². The van der Waals surface area contributed by atoms with E-state index in [9.17, 15) is 4.79 Å². The van der Waals surface area contributed by atoms with Crippen molar-refractivity contribution in [3.63, 3.8) is 0 Å². The summed E-state index contributed by atoms with van der Waals surface area (Å²) in [5.41, 5.74) is 1.63. The zero-order valence-corrected chi connectivity index (χ0v) is 13.4. The number of halogens is 2. The lowest BCUT2D eigenvalue weighted by atomic mass is 10.2. The Kier molecular flexibility index (Phi) is 4.96. The number of carbonyl (C=O) groups is 1. The zero-order valence-electron chi connectivity index (χ0n) is 10.3. The molecule has 0 aliphatic heterocycles. The van der Waals surface area contributed by atoms with Crippen molar-refractivity contribution in [1.82, 2.24) is 4.98 Å². The molecule has 6 heteroatoms. The average Bonchev–Trinajstić information content (AvgIpc) is 2.90. The Balaban J connectivity index is 2.07. The predicted octanol–water partition coefficient (Wildman–Crippen LogP) is 3.96. The van der Waals surface area contributed by atoms with E-state index in [4.69, 9.17) is 11.6 Å². The molecule has 0 unspecified atom stereocenters. The third kappa shape index (κ3) is 3.78. The fourth-order valence-electron chi connectivity index (χ4n) is 1.57. The molecule has 0 fully saturated rings. The second-order valence-electron chi connectivity index (χ2n) is 4.05. The van der Waals surface area contributed by atoms with Crippen LogP contribution in [-0.4, -0.2) is 23.7 Å². The molecule has 0 saturated carbocycles. The number of carbonyl (C=O) groups excluding carboxylic acids is 1. The molecule has 2 rings (SSSR count). The minimum Gasteiger partial charge on any atom is -0.347 e. The molecule has 0 aliphatic carbocycles. The summed E-state index contributed by atoms with van der Waals surface area (Å²) in [6.07, 6.45) is 0. The lowest BCUT2D eigenvalue weighted by Gasteiger charge is -2.15. The second kappa shape index (κ2) is 6.50. The van der Waals surface area contributed by atoms with Crippen LogP contribution < -0.4 is 4.90 Å². The molecule has 0 aliphatic rings. The lowest BCUT2D eigenvalue weighted by Crippen LogP contribution is -2.16. The molecule has 0 spiro atoms. The van der Waals surface area contributed by atoms with Crippen LogP contribution in [0.3, 0.4) is 0 Å². The van der Waals surface area contributed by atoms with Crippen molar-refractivity contribution >= 4 is 49.8 Å². The molecular weight excluding hydrogens is 348 g/mol. The number of benzene rings is 1. The van der Waals surface area contributed by atoms with Crippen molar-refractivity contribution in [2.75, 3.05) is 17.8 Å². The number of ketones is 1. The third-order valence-electron chi connectivity index (χ3n) is 2.56. The molecule has 19 heavy (non-hydrogen) atoms. The summed E-state index contributed by atoms with van der Waals surface area (Å²) in [5.74, 6) is -0.166. The molecular formula is C13H12BrClN2OS. The van der Waals surface area contributed by atoms with E-state index in [-0.39, 0.29) is 11.7 Å². The van der Waals surface area contributed by atoms with E-state index < -0.39 is 0 Å². The molecule has 0 saturated heterocycles. The Morgan fingerprint density at radius 1 is 1.42 bits per heavy atom. The maximum atomic E-state index is 11.4. The van der Waals surface area contributed by atoms with Gasteiger partial charge in [-0.05, 0) is 17.7 Å². The van der Waals surface area contributed by atoms with Crippen molar-refractivity contribution in [3.8, 4) is 0 Å². The van der Waals surface area contributed by atoms with Crippen molar-refractivity contribution in [1.29, 1.82) is 0 Å². The van der Waals surface area contributed by atoms with Crippen LogP contribution in [0.1, 0.15) is 16.1 Å². The number of alkyl halides is 1. The molecule has 100 valence electrons. The molecule has 0 bridgehead atoms. The number of rotatable bonds is 5. The van der Waals surface area contributed by atoms with Gasteiger partial charge in [-0.1, -0.05) is 28.1 Å². The van der Waals surface area contributed by atoms with E-state index in [1.807, 2.05) is 24.1 Å². The van der Waals surface area contributed by atoms with Crippen LogP contribution in [0.2, 0.25) is 0 Å². The number of anilines is 1. The standard InChI is InChI=1S/C13H12BrClN2OS/c1-17(7-9-2-4-10(14)5-3-9)13-16-11(8-19-13)12(18)6-15/h2-5,8H,6-7H2,1H3. The largest absolute Gasteiger partial charge is 0.347 e. The average molecular weight is 360 g/mol. The Bertz CT molecular complexity index is 570. The number of hydrogen-bond acceptors (Lipinski definition) is 4. The van der Waals surface area contributed by atoms with Crippen LogP contribution in [-0.2, 0) is 6.54 Å². The SMILES string of the molecule is CN(Cc1ccc(Br)cc1)c1nc(C(=O)CCl)cs1. The van der Waals surface area contributed by atoms with Crippen LogP contribution in [0.4, 0.5) is 5.13 Å². The van der Waals surface area contributed by atoms with E-state index in [2.05, 4.69) is 33.0 Å². The Morgan fingerprint density at radius 3 is 2.74 bits per heavy atom. The van der Waals surface area contributed by atoms with Gasteiger partial charge < -0.3 is 4.90 Å². The monoisotopic (exact) mass is 358 g/mol. The summed E-state index contributed by atoms with van der Waals surface area (Å²) in [6, 6.07) is 8.12. The maximum absolute atomic E-state index is 11.4. The van der Waals surface area contributed by atoms with Crippen molar-refractivity contribution in [2.45, 2.75) is 6.54 Å². The Morgan fingerprint density at radius 2 is 2.11 bits per heavy atom. The van der Waals surface area contributed by atoms with E-state index in [0.717, 1.165) is 16.1 Å². The van der Waals surface area contributed by atoms with Crippen molar-refractivity contribution < 1.29 is 4.79 Å². The van der Waals surface area contributed by atoms with Gasteiger partial charge >= 0.3 is 0 Å². The van der Waals surface area contributed by atoms with Crippen LogP contribution in [0.25, 0.3) is 0 Å². The van der Waals surface area contributed by atoms with Gasteiger partial charge in [0.1, 0.15) is 5.69 Å². The first kappa shape index (κ1) is 14.5. The van der Waals surface area contributed by atoms with Gasteiger partial charge in [0.15, 0.2) is 10.9 Å². The summed E-state index contributed by atoms with van der Waals surface area (Å²) in [6.45, 7) is 0.745. The first-order chi connectivity index (χ1) is 9.10. The molecule has 0 N–H and O–H groups in total. The normalized spacial score (nSPS) is 10.5. The van der Waals surface area contributed by atoms with Gasteiger partial charge in [-0.3, -0.25) is 4.79 Å². The van der Waals surface area contributed by atoms with E-state index in [0.29, 0.717) is 5.69 Å². The van der Waals surface area contributed by atoms with Crippen molar-refractivity contribution in [3.05, 3.63) is 45.4 Å². The molecule has 0 amide bonds. The molecule has 2 aromatic rings. The summed E-state index contributed by atoms with van der Waals surface area (Å²) in [5, 5.41) is 2.56. The van der Waals surface area contributed by atoms with E-state index >= 15 is 0 Å². The first-order valence-electron chi connectivity index (χ1n) is 5.60. The second-order valence-corrected chi connectivity index (χ2v) is 6.07. The van der Waals surface area contributed by atoms with Gasteiger partial charge in [-0.15, -0.1) is 22.9 Å². The first-order valence-corrected chi connectivity index (χ1v) is 7.81. The molecule has 3 nitrogen and oxygen atoms in total. The van der Waals surface area contributed by atoms with Gasteiger partial charge in [-0.2, -0.15) is 0 Å². The molecule has 0 radical (unpaired) electrons. The molecule has 1 aromatic heterocycles. The van der Waals surface area contributed by atoms with Crippen LogP contribution >= 0.6 is 38.9 Å². The zero-order chi connectivity index (χ0) is 13.8. The number of hydrogen-bond donors (Lipinski definition) is 0. The van der Waals surface area contributed by atoms with Crippen molar-refractivity contribution in [2.24, 2.45) is 0 Å². The van der Waals surface area contributed by atoms with E-state index in [1.54, 1.807) is 5.38 Å². The quantitative estimate of drug-likeness (QED) is 0.598. The maximum Gasteiger partial charge on any atom is 0.196 e. The van der Waals surface area contributed by atoms with Gasteiger partial charge in [-0.25, -0.2) is 4.98 Å². The van der Waals surface area contributed by atoms with Crippen LogP contribution in [0.15, 0.2) is 34.1 Å². The minimum absolute atomic E-state index is 0.0282. The third-order valence-corrected chi connectivity index (χ3v) is 4.28. The fourth-order valence-corrected chi connectivity index (χ4v) is 2.77. The predicted molar refractivity (Wildman–Crippen MR) is 83.4 cm³/mol. The smallest absolute Gasteiger partial charge is 0.196 e. The summed E-state index contributed by atoms with van der Waals surface area (Å²) in [4.78, 5) is 17.7. The summed E-state index contributed by atoms with van der Waals surface area (Å²) in [7, 11) is 1.95. The minimum atomic E-state index is -0.138. The van der Waals surface area contributed by atoms with Crippen LogP contribution in [0, 0.1) is 0 Å². The summed E-state index contributed by atoms with van der Waals surface area (Å²) >= 11 is 10.4. The Labute approximate surface area is 129 Å².